The lowest BCUT2D eigenvalue weighted by atomic mass is 10.1. The van der Waals surface area contributed by atoms with Gasteiger partial charge in [0.2, 0.25) is 0 Å². The number of para-hydroxylation sites is 2. The van der Waals surface area contributed by atoms with Crippen LogP contribution in [0.15, 0.2) is 46.9 Å². The number of oxazole rings is 1. The molecule has 0 saturated carbocycles. The van der Waals surface area contributed by atoms with E-state index in [1.807, 2.05) is 0 Å². The van der Waals surface area contributed by atoms with Gasteiger partial charge in [-0.15, -0.1) is 0 Å². The van der Waals surface area contributed by atoms with Crippen molar-refractivity contribution in [3.05, 3.63) is 58.1 Å². The van der Waals surface area contributed by atoms with E-state index in [1.54, 1.807) is 24.3 Å². The number of benzene rings is 2. The SMILES string of the molecule is O=[N+]([O-])c1cc(C(F)(F)F)ccc1Nc1nc2ccccc2o1. The lowest BCUT2D eigenvalue weighted by Crippen LogP contribution is -2.06. The van der Waals surface area contributed by atoms with Gasteiger partial charge in [0.05, 0.1) is 10.5 Å². The number of anilines is 2. The predicted octanol–water partition coefficient (Wildman–Crippen LogP) is 4.50. The normalized spacial score (nSPS) is 11.6. The standard InChI is InChI=1S/C14H8F3N3O3/c15-14(16,17)8-5-6-9(11(7-8)20(21)22)18-13-19-10-3-1-2-4-12(10)23-13/h1-7H,(H,18,19). The summed E-state index contributed by atoms with van der Waals surface area (Å²) < 4.78 is 43.3. The van der Waals surface area contributed by atoms with Gasteiger partial charge < -0.3 is 9.73 Å². The fraction of sp³-hybridized carbons (Fsp3) is 0.0714. The third-order valence-corrected chi connectivity index (χ3v) is 3.06. The zero-order valence-electron chi connectivity index (χ0n) is 11.3. The molecule has 0 aliphatic carbocycles. The Kier molecular flexibility index (Phi) is 3.40. The third kappa shape index (κ3) is 2.93. The van der Waals surface area contributed by atoms with Crippen LogP contribution in [0, 0.1) is 10.1 Å². The number of aromatic nitrogens is 1. The molecule has 0 radical (unpaired) electrons. The Morgan fingerprint density at radius 3 is 2.57 bits per heavy atom. The van der Waals surface area contributed by atoms with Crippen LogP contribution in [0.4, 0.5) is 30.6 Å². The van der Waals surface area contributed by atoms with Crippen LogP contribution in [-0.4, -0.2) is 9.91 Å². The van der Waals surface area contributed by atoms with Crippen molar-refractivity contribution in [1.82, 2.24) is 4.98 Å². The molecule has 1 heterocycles. The van der Waals surface area contributed by atoms with Gasteiger partial charge in [-0.05, 0) is 24.3 Å². The predicted molar refractivity (Wildman–Crippen MR) is 75.4 cm³/mol. The Labute approximate surface area is 126 Å². The first kappa shape index (κ1) is 14.8. The smallest absolute Gasteiger partial charge is 0.416 e. The highest BCUT2D eigenvalue weighted by Crippen LogP contribution is 2.36. The Morgan fingerprint density at radius 2 is 1.91 bits per heavy atom. The summed E-state index contributed by atoms with van der Waals surface area (Å²) in [5.74, 6) is 0. The van der Waals surface area contributed by atoms with E-state index in [-0.39, 0.29) is 11.7 Å². The van der Waals surface area contributed by atoms with Crippen LogP contribution in [0.3, 0.4) is 0 Å². The van der Waals surface area contributed by atoms with E-state index in [0.29, 0.717) is 17.2 Å². The maximum atomic E-state index is 12.7. The van der Waals surface area contributed by atoms with E-state index in [0.717, 1.165) is 12.1 Å². The molecule has 9 heteroatoms. The van der Waals surface area contributed by atoms with E-state index in [9.17, 15) is 23.3 Å². The van der Waals surface area contributed by atoms with Crippen LogP contribution in [0.25, 0.3) is 11.1 Å². The van der Waals surface area contributed by atoms with E-state index >= 15 is 0 Å². The first-order valence-corrected chi connectivity index (χ1v) is 6.33. The van der Waals surface area contributed by atoms with Crippen LogP contribution in [0.2, 0.25) is 0 Å². The minimum Gasteiger partial charge on any atom is -0.423 e. The molecule has 1 aromatic heterocycles. The summed E-state index contributed by atoms with van der Waals surface area (Å²) in [5, 5.41) is 13.5. The van der Waals surface area contributed by atoms with Gasteiger partial charge in [0.1, 0.15) is 11.2 Å². The van der Waals surface area contributed by atoms with Crippen molar-refractivity contribution in [3.63, 3.8) is 0 Å². The second-order valence-electron chi connectivity index (χ2n) is 4.60. The minimum atomic E-state index is -4.67. The summed E-state index contributed by atoms with van der Waals surface area (Å²) in [5.41, 5.74) is -1.00. The molecule has 0 aliphatic rings. The highest BCUT2D eigenvalue weighted by atomic mass is 19.4. The number of hydrogen-bond acceptors (Lipinski definition) is 5. The van der Waals surface area contributed by atoms with Gasteiger partial charge in [0.15, 0.2) is 5.58 Å². The number of halogens is 3. The molecule has 3 aromatic rings. The highest BCUT2D eigenvalue weighted by molar-refractivity contribution is 5.76. The van der Waals surface area contributed by atoms with Gasteiger partial charge in [0, 0.05) is 6.07 Å². The molecule has 23 heavy (non-hydrogen) atoms. The number of fused-ring (bicyclic) bond motifs is 1. The number of alkyl halides is 3. The molecule has 0 fully saturated rings. The van der Waals surface area contributed by atoms with Gasteiger partial charge >= 0.3 is 6.18 Å². The molecule has 1 N–H and O–H groups in total. The fourth-order valence-corrected chi connectivity index (χ4v) is 2.01. The second-order valence-corrected chi connectivity index (χ2v) is 4.60. The maximum absolute atomic E-state index is 12.7. The van der Waals surface area contributed by atoms with Crippen LogP contribution < -0.4 is 5.32 Å². The summed E-state index contributed by atoms with van der Waals surface area (Å²) in [4.78, 5) is 14.2. The highest BCUT2D eigenvalue weighted by Gasteiger charge is 2.33. The summed E-state index contributed by atoms with van der Waals surface area (Å²) >= 11 is 0. The molecule has 0 bridgehead atoms. The molecule has 0 unspecified atom stereocenters. The molecular weight excluding hydrogens is 315 g/mol. The van der Waals surface area contributed by atoms with Crippen LogP contribution in [0.1, 0.15) is 5.56 Å². The molecule has 0 saturated heterocycles. The molecular formula is C14H8F3N3O3. The number of hydrogen-bond donors (Lipinski definition) is 1. The number of nitro benzene ring substituents is 1. The molecule has 118 valence electrons. The van der Waals surface area contributed by atoms with Crippen molar-refractivity contribution in [2.45, 2.75) is 6.18 Å². The lowest BCUT2D eigenvalue weighted by Gasteiger charge is -2.08. The zero-order valence-corrected chi connectivity index (χ0v) is 11.3. The van der Waals surface area contributed by atoms with E-state index < -0.39 is 22.4 Å². The van der Waals surface area contributed by atoms with Crippen molar-refractivity contribution in [2.75, 3.05) is 5.32 Å². The third-order valence-electron chi connectivity index (χ3n) is 3.06. The summed E-state index contributed by atoms with van der Waals surface area (Å²) in [6, 6.07) is 8.90. The molecule has 0 atom stereocenters. The van der Waals surface area contributed by atoms with E-state index in [1.165, 1.54) is 0 Å². The first-order valence-electron chi connectivity index (χ1n) is 6.33. The summed E-state index contributed by atoms with van der Waals surface area (Å²) in [7, 11) is 0. The molecule has 3 rings (SSSR count). The van der Waals surface area contributed by atoms with Crippen LogP contribution in [0.5, 0.6) is 0 Å². The van der Waals surface area contributed by atoms with Gasteiger partial charge in [-0.25, -0.2) is 0 Å². The molecule has 0 spiro atoms. The topological polar surface area (TPSA) is 81.2 Å². The number of nitro groups is 1. The number of nitrogens with one attached hydrogen (secondary N) is 1. The van der Waals surface area contributed by atoms with Crippen molar-refractivity contribution in [1.29, 1.82) is 0 Å². The first-order chi connectivity index (χ1) is 10.8. The number of rotatable bonds is 3. The minimum absolute atomic E-state index is 0.0472. The summed E-state index contributed by atoms with van der Waals surface area (Å²) in [6.07, 6.45) is -4.67. The van der Waals surface area contributed by atoms with Gasteiger partial charge in [-0.3, -0.25) is 10.1 Å². The van der Waals surface area contributed by atoms with Gasteiger partial charge in [0.25, 0.3) is 11.7 Å². The lowest BCUT2D eigenvalue weighted by molar-refractivity contribution is -0.384. The van der Waals surface area contributed by atoms with Crippen LogP contribution >= 0.6 is 0 Å². The Hall–Kier alpha value is -3.10. The Balaban J connectivity index is 2.00. The maximum Gasteiger partial charge on any atom is 0.416 e. The zero-order chi connectivity index (χ0) is 16.6. The van der Waals surface area contributed by atoms with Crippen molar-refractivity contribution in [3.8, 4) is 0 Å². The van der Waals surface area contributed by atoms with Crippen molar-refractivity contribution >= 4 is 28.5 Å². The average Bonchev–Trinajstić information content (AvgIpc) is 2.88. The van der Waals surface area contributed by atoms with Crippen molar-refractivity contribution < 1.29 is 22.5 Å². The average molecular weight is 323 g/mol. The molecule has 2 aromatic carbocycles. The second kappa shape index (κ2) is 5.27. The molecule has 6 nitrogen and oxygen atoms in total. The Morgan fingerprint density at radius 1 is 1.17 bits per heavy atom. The molecule has 0 aliphatic heterocycles. The quantitative estimate of drug-likeness (QED) is 0.567. The fourth-order valence-electron chi connectivity index (χ4n) is 2.01. The van der Waals surface area contributed by atoms with Crippen molar-refractivity contribution in [2.24, 2.45) is 0 Å². The molecule has 0 amide bonds. The number of nitrogens with zero attached hydrogens (tertiary/aromatic N) is 2. The monoisotopic (exact) mass is 323 g/mol. The van der Waals surface area contributed by atoms with Crippen LogP contribution in [-0.2, 0) is 6.18 Å². The van der Waals surface area contributed by atoms with Gasteiger partial charge in [-0.1, -0.05) is 12.1 Å². The largest absolute Gasteiger partial charge is 0.423 e. The van der Waals surface area contributed by atoms with Gasteiger partial charge in [-0.2, -0.15) is 18.2 Å². The van der Waals surface area contributed by atoms with E-state index in [2.05, 4.69) is 10.3 Å². The van der Waals surface area contributed by atoms with E-state index in [4.69, 9.17) is 4.42 Å². The summed E-state index contributed by atoms with van der Waals surface area (Å²) in [6.45, 7) is 0. The Bertz CT molecular complexity index is 857.